The van der Waals surface area contributed by atoms with Crippen molar-refractivity contribution in [1.29, 1.82) is 0 Å². The topological polar surface area (TPSA) is 12.0 Å². The first kappa shape index (κ1) is 12.0. The van der Waals surface area contributed by atoms with Crippen LogP contribution in [0.1, 0.15) is 65.2 Å². The van der Waals surface area contributed by atoms with Gasteiger partial charge in [0.1, 0.15) is 0 Å². The molecule has 0 aliphatic heterocycles. The van der Waals surface area contributed by atoms with Gasteiger partial charge in [-0.15, -0.1) is 0 Å². The molecule has 1 unspecified atom stereocenters. The Balaban J connectivity index is 2.16. The standard InChI is InChI=1S/C13H27N/c1-3-10-14-13(4-2)11-12-8-6-5-7-9-12/h12-14H,3-11H2,1-2H3. The van der Waals surface area contributed by atoms with Gasteiger partial charge in [0.25, 0.3) is 0 Å². The Morgan fingerprint density at radius 1 is 1.14 bits per heavy atom. The predicted octanol–water partition coefficient (Wildman–Crippen LogP) is 3.74. The summed E-state index contributed by atoms with van der Waals surface area (Å²) in [6, 6.07) is 0.790. The fraction of sp³-hybridized carbons (Fsp3) is 1.00. The summed E-state index contributed by atoms with van der Waals surface area (Å²) in [5.41, 5.74) is 0. The van der Waals surface area contributed by atoms with Crippen LogP contribution >= 0.6 is 0 Å². The Bertz CT molecular complexity index is 127. The second-order valence-electron chi connectivity index (χ2n) is 4.80. The molecule has 1 atom stereocenters. The maximum atomic E-state index is 3.67. The van der Waals surface area contributed by atoms with E-state index in [9.17, 15) is 0 Å². The third kappa shape index (κ3) is 4.45. The Kier molecular flexibility index (Phi) is 6.25. The van der Waals surface area contributed by atoms with Crippen molar-refractivity contribution in [2.75, 3.05) is 6.54 Å². The molecule has 84 valence electrons. The molecule has 0 saturated heterocycles. The third-order valence-corrected chi connectivity index (χ3v) is 3.52. The van der Waals surface area contributed by atoms with Crippen LogP contribution in [-0.2, 0) is 0 Å². The molecule has 0 radical (unpaired) electrons. The van der Waals surface area contributed by atoms with Gasteiger partial charge in [-0.25, -0.2) is 0 Å². The van der Waals surface area contributed by atoms with Gasteiger partial charge < -0.3 is 5.32 Å². The number of hydrogen-bond acceptors (Lipinski definition) is 1. The average molecular weight is 197 g/mol. The zero-order valence-electron chi connectivity index (χ0n) is 10.0. The zero-order chi connectivity index (χ0) is 10.2. The maximum absolute atomic E-state index is 3.67. The van der Waals surface area contributed by atoms with E-state index >= 15 is 0 Å². The highest BCUT2D eigenvalue weighted by Crippen LogP contribution is 2.27. The van der Waals surface area contributed by atoms with Gasteiger partial charge in [-0.2, -0.15) is 0 Å². The summed E-state index contributed by atoms with van der Waals surface area (Å²) >= 11 is 0. The number of nitrogens with one attached hydrogen (secondary N) is 1. The molecule has 1 fully saturated rings. The van der Waals surface area contributed by atoms with E-state index in [2.05, 4.69) is 19.2 Å². The monoisotopic (exact) mass is 197 g/mol. The van der Waals surface area contributed by atoms with Crippen LogP contribution in [0, 0.1) is 5.92 Å². The normalized spacial score (nSPS) is 21.0. The zero-order valence-corrected chi connectivity index (χ0v) is 10.0. The maximum Gasteiger partial charge on any atom is 0.00670 e. The Morgan fingerprint density at radius 2 is 1.86 bits per heavy atom. The molecule has 0 aromatic heterocycles. The molecule has 1 rings (SSSR count). The molecule has 0 bridgehead atoms. The molecule has 0 aromatic rings. The third-order valence-electron chi connectivity index (χ3n) is 3.52. The molecule has 1 N–H and O–H groups in total. The van der Waals surface area contributed by atoms with Crippen LogP contribution in [0.2, 0.25) is 0 Å². The van der Waals surface area contributed by atoms with E-state index < -0.39 is 0 Å². The van der Waals surface area contributed by atoms with Gasteiger partial charge in [0, 0.05) is 6.04 Å². The van der Waals surface area contributed by atoms with E-state index in [0.29, 0.717) is 0 Å². The van der Waals surface area contributed by atoms with Gasteiger partial charge in [-0.3, -0.25) is 0 Å². The van der Waals surface area contributed by atoms with Crippen molar-refractivity contribution in [3.63, 3.8) is 0 Å². The van der Waals surface area contributed by atoms with Gasteiger partial charge in [0.05, 0.1) is 0 Å². The minimum atomic E-state index is 0.790. The molecule has 1 heteroatoms. The second kappa shape index (κ2) is 7.28. The van der Waals surface area contributed by atoms with Crippen molar-refractivity contribution in [1.82, 2.24) is 5.32 Å². The van der Waals surface area contributed by atoms with E-state index in [1.54, 1.807) is 0 Å². The molecule has 1 aliphatic rings. The lowest BCUT2D eigenvalue weighted by molar-refractivity contribution is 0.294. The Labute approximate surface area is 89.7 Å². The quantitative estimate of drug-likeness (QED) is 0.684. The van der Waals surface area contributed by atoms with Gasteiger partial charge in [0.2, 0.25) is 0 Å². The molecule has 14 heavy (non-hydrogen) atoms. The van der Waals surface area contributed by atoms with E-state index in [-0.39, 0.29) is 0 Å². The highest BCUT2D eigenvalue weighted by atomic mass is 14.9. The summed E-state index contributed by atoms with van der Waals surface area (Å²) in [6.45, 7) is 5.77. The molecule has 0 spiro atoms. The van der Waals surface area contributed by atoms with Crippen LogP contribution in [0.4, 0.5) is 0 Å². The summed E-state index contributed by atoms with van der Waals surface area (Å²) in [6.07, 6.45) is 11.4. The molecular formula is C13H27N. The van der Waals surface area contributed by atoms with Crippen LogP contribution in [0.25, 0.3) is 0 Å². The Morgan fingerprint density at radius 3 is 2.43 bits per heavy atom. The van der Waals surface area contributed by atoms with Crippen molar-refractivity contribution in [2.24, 2.45) is 5.92 Å². The molecular weight excluding hydrogens is 170 g/mol. The molecule has 0 heterocycles. The van der Waals surface area contributed by atoms with E-state index in [1.807, 2.05) is 0 Å². The largest absolute Gasteiger partial charge is 0.314 e. The minimum absolute atomic E-state index is 0.790. The summed E-state index contributed by atoms with van der Waals surface area (Å²) < 4.78 is 0. The van der Waals surface area contributed by atoms with Crippen molar-refractivity contribution < 1.29 is 0 Å². The first-order valence-electron chi connectivity index (χ1n) is 6.60. The van der Waals surface area contributed by atoms with Crippen molar-refractivity contribution >= 4 is 0 Å². The highest BCUT2D eigenvalue weighted by Gasteiger charge is 2.17. The van der Waals surface area contributed by atoms with Crippen molar-refractivity contribution in [2.45, 2.75) is 71.3 Å². The van der Waals surface area contributed by atoms with E-state index in [4.69, 9.17) is 0 Å². The first-order valence-corrected chi connectivity index (χ1v) is 6.60. The molecule has 1 aliphatic carbocycles. The Hall–Kier alpha value is -0.0400. The number of rotatable bonds is 6. The summed E-state index contributed by atoms with van der Waals surface area (Å²) in [5.74, 6) is 1.03. The van der Waals surface area contributed by atoms with Gasteiger partial charge in [-0.1, -0.05) is 46.0 Å². The van der Waals surface area contributed by atoms with Crippen LogP contribution < -0.4 is 5.32 Å². The SMILES string of the molecule is CCCNC(CC)CC1CCCCC1. The molecule has 0 aromatic carbocycles. The minimum Gasteiger partial charge on any atom is -0.314 e. The fourth-order valence-electron chi connectivity index (χ4n) is 2.57. The number of hydrogen-bond donors (Lipinski definition) is 1. The van der Waals surface area contributed by atoms with E-state index in [0.717, 1.165) is 12.0 Å². The predicted molar refractivity (Wildman–Crippen MR) is 63.6 cm³/mol. The van der Waals surface area contributed by atoms with Crippen molar-refractivity contribution in [3.8, 4) is 0 Å². The first-order chi connectivity index (χ1) is 6.86. The van der Waals surface area contributed by atoms with Gasteiger partial charge in [-0.05, 0) is 31.7 Å². The van der Waals surface area contributed by atoms with Crippen LogP contribution in [0.3, 0.4) is 0 Å². The molecule has 1 saturated carbocycles. The summed E-state index contributed by atoms with van der Waals surface area (Å²) in [5, 5.41) is 3.67. The highest BCUT2D eigenvalue weighted by molar-refractivity contribution is 4.73. The smallest absolute Gasteiger partial charge is 0.00670 e. The lowest BCUT2D eigenvalue weighted by Gasteiger charge is -2.26. The lowest BCUT2D eigenvalue weighted by atomic mass is 9.84. The van der Waals surface area contributed by atoms with Crippen molar-refractivity contribution in [3.05, 3.63) is 0 Å². The lowest BCUT2D eigenvalue weighted by Crippen LogP contribution is -2.31. The van der Waals surface area contributed by atoms with E-state index in [1.165, 1.54) is 57.9 Å². The average Bonchev–Trinajstić information content (AvgIpc) is 2.25. The fourth-order valence-corrected chi connectivity index (χ4v) is 2.57. The van der Waals surface area contributed by atoms with Gasteiger partial charge in [0.15, 0.2) is 0 Å². The van der Waals surface area contributed by atoms with Crippen LogP contribution in [-0.4, -0.2) is 12.6 Å². The molecule has 1 nitrogen and oxygen atoms in total. The summed E-state index contributed by atoms with van der Waals surface area (Å²) in [7, 11) is 0. The van der Waals surface area contributed by atoms with Crippen LogP contribution in [0.15, 0.2) is 0 Å². The van der Waals surface area contributed by atoms with Crippen LogP contribution in [0.5, 0.6) is 0 Å². The summed E-state index contributed by atoms with van der Waals surface area (Å²) in [4.78, 5) is 0. The second-order valence-corrected chi connectivity index (χ2v) is 4.80. The molecule has 0 amide bonds. The van der Waals surface area contributed by atoms with Gasteiger partial charge >= 0.3 is 0 Å².